The number of nitrogens with zero attached hydrogens (tertiary/aromatic N) is 1. The van der Waals surface area contributed by atoms with Crippen molar-refractivity contribution in [3.63, 3.8) is 0 Å². The third kappa shape index (κ3) is 2.58. The Morgan fingerprint density at radius 2 is 1.89 bits per heavy atom. The molecule has 0 saturated carbocycles. The summed E-state index contributed by atoms with van der Waals surface area (Å²) in [6.07, 6.45) is 4.40. The summed E-state index contributed by atoms with van der Waals surface area (Å²) in [5.74, 6) is 0. The van der Waals surface area contributed by atoms with E-state index in [4.69, 9.17) is 5.73 Å². The molecule has 0 amide bonds. The summed E-state index contributed by atoms with van der Waals surface area (Å²) in [5, 5.41) is 0. The van der Waals surface area contributed by atoms with Gasteiger partial charge in [-0.05, 0) is 48.9 Å². The van der Waals surface area contributed by atoms with Gasteiger partial charge < -0.3 is 5.73 Å². The van der Waals surface area contributed by atoms with Crippen molar-refractivity contribution in [3.05, 3.63) is 29.3 Å². The molecule has 100 valence electrons. The lowest BCUT2D eigenvalue weighted by atomic mass is 9.92. The second-order valence-corrected chi connectivity index (χ2v) is 6.80. The number of nitrogens with two attached hydrogens (primary N) is 1. The van der Waals surface area contributed by atoms with Crippen LogP contribution in [0.1, 0.15) is 24.0 Å². The Bertz CT molecular complexity index is 526. The summed E-state index contributed by atoms with van der Waals surface area (Å²) in [4.78, 5) is 0.388. The topological polar surface area (TPSA) is 63.4 Å². The first-order chi connectivity index (χ1) is 8.55. The van der Waals surface area contributed by atoms with Crippen molar-refractivity contribution in [3.8, 4) is 0 Å². The van der Waals surface area contributed by atoms with Gasteiger partial charge in [-0.25, -0.2) is 8.42 Å². The maximum atomic E-state index is 12.3. The van der Waals surface area contributed by atoms with E-state index in [0.29, 0.717) is 18.0 Å². The maximum absolute atomic E-state index is 12.3. The van der Waals surface area contributed by atoms with Crippen molar-refractivity contribution in [2.24, 2.45) is 5.73 Å². The van der Waals surface area contributed by atoms with E-state index in [1.165, 1.54) is 21.9 Å². The first-order valence-electron chi connectivity index (χ1n) is 6.34. The van der Waals surface area contributed by atoms with Crippen LogP contribution in [-0.2, 0) is 22.9 Å². The third-order valence-corrected chi connectivity index (χ3v) is 5.32. The van der Waals surface area contributed by atoms with E-state index in [9.17, 15) is 8.42 Å². The van der Waals surface area contributed by atoms with Gasteiger partial charge in [-0.3, -0.25) is 0 Å². The maximum Gasteiger partial charge on any atom is 0.242 e. The molecule has 2 rings (SSSR count). The minimum absolute atomic E-state index is 0.334. The van der Waals surface area contributed by atoms with Crippen LogP contribution in [0.5, 0.6) is 0 Å². The van der Waals surface area contributed by atoms with E-state index < -0.39 is 10.0 Å². The fourth-order valence-corrected chi connectivity index (χ4v) is 3.59. The first-order valence-corrected chi connectivity index (χ1v) is 7.78. The van der Waals surface area contributed by atoms with Gasteiger partial charge in [0.25, 0.3) is 0 Å². The molecule has 0 heterocycles. The van der Waals surface area contributed by atoms with E-state index in [2.05, 4.69) is 0 Å². The second-order valence-electron chi connectivity index (χ2n) is 4.75. The van der Waals surface area contributed by atoms with Gasteiger partial charge in [0, 0.05) is 20.1 Å². The molecule has 1 aliphatic carbocycles. The molecule has 0 aromatic heterocycles. The van der Waals surface area contributed by atoms with Crippen LogP contribution in [0.4, 0.5) is 0 Å². The minimum Gasteiger partial charge on any atom is -0.329 e. The van der Waals surface area contributed by atoms with Crippen molar-refractivity contribution in [1.29, 1.82) is 0 Å². The van der Waals surface area contributed by atoms with Crippen molar-refractivity contribution >= 4 is 10.0 Å². The fourth-order valence-electron chi connectivity index (χ4n) is 2.35. The van der Waals surface area contributed by atoms with Gasteiger partial charge in [0.05, 0.1) is 4.90 Å². The molecule has 1 aromatic rings. The van der Waals surface area contributed by atoms with Gasteiger partial charge in [0.1, 0.15) is 0 Å². The fraction of sp³-hybridized carbons (Fsp3) is 0.538. The Hall–Kier alpha value is -0.910. The molecule has 18 heavy (non-hydrogen) atoms. The molecular weight excluding hydrogens is 248 g/mol. The Labute approximate surface area is 109 Å². The summed E-state index contributed by atoms with van der Waals surface area (Å²) in [7, 11) is -1.81. The van der Waals surface area contributed by atoms with Gasteiger partial charge in [-0.1, -0.05) is 6.07 Å². The van der Waals surface area contributed by atoms with Crippen molar-refractivity contribution in [2.75, 3.05) is 20.1 Å². The molecule has 0 aliphatic heterocycles. The number of hydrogen-bond donors (Lipinski definition) is 1. The number of hydrogen-bond acceptors (Lipinski definition) is 3. The average Bonchev–Trinajstić information content (AvgIpc) is 2.38. The molecule has 5 heteroatoms. The van der Waals surface area contributed by atoms with Gasteiger partial charge >= 0.3 is 0 Å². The summed E-state index contributed by atoms with van der Waals surface area (Å²) in [6, 6.07) is 5.50. The molecule has 2 N–H and O–H groups in total. The predicted molar refractivity (Wildman–Crippen MR) is 72.0 cm³/mol. The van der Waals surface area contributed by atoms with E-state index >= 15 is 0 Å². The number of rotatable bonds is 4. The number of sulfonamides is 1. The molecule has 0 unspecified atom stereocenters. The molecule has 0 radical (unpaired) electrons. The Morgan fingerprint density at radius 1 is 1.22 bits per heavy atom. The van der Waals surface area contributed by atoms with Crippen LogP contribution in [-0.4, -0.2) is 32.9 Å². The van der Waals surface area contributed by atoms with Gasteiger partial charge in [-0.15, -0.1) is 0 Å². The lowest BCUT2D eigenvalue weighted by Crippen LogP contribution is -2.31. The quantitative estimate of drug-likeness (QED) is 0.891. The van der Waals surface area contributed by atoms with Crippen molar-refractivity contribution in [1.82, 2.24) is 4.31 Å². The normalized spacial score (nSPS) is 15.7. The van der Waals surface area contributed by atoms with Crippen molar-refractivity contribution < 1.29 is 8.42 Å². The zero-order chi connectivity index (χ0) is 13.2. The summed E-state index contributed by atoms with van der Waals surface area (Å²) in [6.45, 7) is 0.681. The van der Waals surface area contributed by atoms with Crippen LogP contribution >= 0.6 is 0 Å². The summed E-state index contributed by atoms with van der Waals surface area (Å²) < 4.78 is 25.9. The minimum atomic E-state index is -3.38. The number of likely N-dealkylation sites (N-methyl/N-ethyl adjacent to an activating group) is 1. The Morgan fingerprint density at radius 3 is 2.56 bits per heavy atom. The van der Waals surface area contributed by atoms with Crippen LogP contribution < -0.4 is 5.73 Å². The standard InChI is InChI=1S/C13H20N2O2S/c1-15(9-8-14)18(16,17)13-7-6-11-4-2-3-5-12(11)10-13/h6-7,10H,2-5,8-9,14H2,1H3. The van der Waals surface area contributed by atoms with Crippen LogP contribution in [0, 0.1) is 0 Å². The molecule has 1 aliphatic rings. The third-order valence-electron chi connectivity index (χ3n) is 3.47. The van der Waals surface area contributed by atoms with E-state index in [1.54, 1.807) is 13.1 Å². The highest BCUT2D eigenvalue weighted by Gasteiger charge is 2.21. The summed E-state index contributed by atoms with van der Waals surface area (Å²) >= 11 is 0. The highest BCUT2D eigenvalue weighted by atomic mass is 32.2. The number of benzene rings is 1. The largest absolute Gasteiger partial charge is 0.329 e. The van der Waals surface area contributed by atoms with E-state index in [0.717, 1.165) is 19.3 Å². The van der Waals surface area contributed by atoms with E-state index in [-0.39, 0.29) is 0 Å². The molecule has 0 bridgehead atoms. The monoisotopic (exact) mass is 268 g/mol. The molecular formula is C13H20N2O2S. The van der Waals surface area contributed by atoms with Crippen LogP contribution in [0.3, 0.4) is 0 Å². The highest BCUT2D eigenvalue weighted by Crippen LogP contribution is 2.25. The first kappa shape index (κ1) is 13.5. The molecule has 4 nitrogen and oxygen atoms in total. The van der Waals surface area contributed by atoms with Crippen LogP contribution in [0.2, 0.25) is 0 Å². The van der Waals surface area contributed by atoms with Gasteiger partial charge in [0.15, 0.2) is 0 Å². The van der Waals surface area contributed by atoms with E-state index in [1.807, 2.05) is 12.1 Å². The average molecular weight is 268 g/mol. The smallest absolute Gasteiger partial charge is 0.242 e. The SMILES string of the molecule is CN(CCN)S(=O)(=O)c1ccc2c(c1)CCCC2. The van der Waals surface area contributed by atoms with Gasteiger partial charge in [0.2, 0.25) is 10.0 Å². The number of aryl methyl sites for hydroxylation is 2. The molecule has 0 fully saturated rings. The Balaban J connectivity index is 2.33. The summed E-state index contributed by atoms with van der Waals surface area (Å²) in [5.41, 5.74) is 7.89. The van der Waals surface area contributed by atoms with Crippen LogP contribution in [0.25, 0.3) is 0 Å². The molecule has 1 aromatic carbocycles. The Kier molecular flexibility index (Phi) is 4.04. The van der Waals surface area contributed by atoms with Gasteiger partial charge in [-0.2, -0.15) is 4.31 Å². The molecule has 0 spiro atoms. The second kappa shape index (κ2) is 5.38. The van der Waals surface area contributed by atoms with Crippen molar-refractivity contribution in [2.45, 2.75) is 30.6 Å². The predicted octanol–water partition coefficient (Wildman–Crippen LogP) is 1.14. The van der Waals surface area contributed by atoms with Crippen LogP contribution in [0.15, 0.2) is 23.1 Å². The molecule has 0 saturated heterocycles. The lowest BCUT2D eigenvalue weighted by Gasteiger charge is -2.20. The highest BCUT2D eigenvalue weighted by molar-refractivity contribution is 7.89. The number of fused-ring (bicyclic) bond motifs is 1. The lowest BCUT2D eigenvalue weighted by molar-refractivity contribution is 0.476. The zero-order valence-corrected chi connectivity index (χ0v) is 11.5. The molecule has 0 atom stereocenters. The zero-order valence-electron chi connectivity index (χ0n) is 10.7.